The topological polar surface area (TPSA) is 130 Å². The number of hydrogen-bond donors (Lipinski definition) is 1. The highest BCUT2D eigenvalue weighted by atomic mass is 19.4. The zero-order valence-electron chi connectivity index (χ0n) is 28.3. The highest BCUT2D eigenvalue weighted by molar-refractivity contribution is 6.00. The minimum atomic E-state index is -4.67. The minimum Gasteiger partial charge on any atom is -0.437 e. The number of rotatable bonds is 10. The number of nitrogens with one attached hydrogen (secondary N) is 1. The molecule has 6 aromatic rings. The van der Waals surface area contributed by atoms with Crippen LogP contribution in [0.5, 0.6) is 0 Å². The van der Waals surface area contributed by atoms with Gasteiger partial charge in [-0.15, -0.1) is 0 Å². The van der Waals surface area contributed by atoms with Crippen LogP contribution in [0.1, 0.15) is 52.0 Å². The lowest BCUT2D eigenvalue weighted by atomic mass is 10.1. The van der Waals surface area contributed by atoms with Crippen molar-refractivity contribution >= 4 is 11.6 Å². The van der Waals surface area contributed by atoms with E-state index in [1.807, 2.05) is 27.1 Å². The van der Waals surface area contributed by atoms with Gasteiger partial charge in [0.1, 0.15) is 41.8 Å². The first-order valence-electron chi connectivity index (χ1n) is 15.7. The van der Waals surface area contributed by atoms with Crippen molar-refractivity contribution in [2.75, 3.05) is 14.1 Å². The molecule has 1 atom stereocenters. The largest absolute Gasteiger partial charge is 0.437 e. The number of carbonyl (C=O) groups is 1. The highest BCUT2D eigenvalue weighted by Gasteiger charge is 2.33. The molecule has 2 aromatic carbocycles. The summed E-state index contributed by atoms with van der Waals surface area (Å²) < 4.78 is 56.6. The Hall–Kier alpha value is -6.21. The zero-order valence-corrected chi connectivity index (χ0v) is 28.3. The molecule has 0 radical (unpaired) electrons. The SMILES string of the molecule is [C-]#[N+]c1ccc(-n2nccc2-c2c(C(=O)N[C@@H](C)c3ncc(C[N+](C)(C)Cc4cc(C)on4)o3)c(=O)n(-c3cccc(C(F)(F)F)c3)n2C)cc1. The Bertz CT molecular complexity index is 2320. The average Bonchev–Trinajstić information content (AvgIpc) is 3.87. The number of halogens is 3. The first-order valence-corrected chi connectivity index (χ1v) is 15.7. The third-order valence-electron chi connectivity index (χ3n) is 8.16. The number of nitrogens with zero attached hydrogens (tertiary/aromatic N) is 8. The fourth-order valence-electron chi connectivity index (χ4n) is 5.90. The summed E-state index contributed by atoms with van der Waals surface area (Å²) in [5.41, 5.74) is -0.168. The van der Waals surface area contributed by atoms with Gasteiger partial charge in [0.15, 0.2) is 11.4 Å². The van der Waals surface area contributed by atoms with Crippen molar-refractivity contribution in [3.05, 3.63) is 129 Å². The van der Waals surface area contributed by atoms with Crippen LogP contribution in [0.3, 0.4) is 0 Å². The first kappa shape index (κ1) is 34.6. The molecule has 1 N–H and O–H groups in total. The van der Waals surface area contributed by atoms with Gasteiger partial charge in [-0.25, -0.2) is 19.2 Å². The molecule has 13 nitrogen and oxygen atoms in total. The summed E-state index contributed by atoms with van der Waals surface area (Å²) in [6, 6.07) is 13.4. The molecule has 51 heavy (non-hydrogen) atoms. The van der Waals surface area contributed by atoms with Gasteiger partial charge >= 0.3 is 6.18 Å². The quantitative estimate of drug-likeness (QED) is 0.134. The van der Waals surface area contributed by atoms with Gasteiger partial charge in [0.25, 0.3) is 11.5 Å². The van der Waals surface area contributed by atoms with Crippen LogP contribution < -0.4 is 10.9 Å². The number of oxazole rings is 1. The van der Waals surface area contributed by atoms with Gasteiger partial charge in [-0.1, -0.05) is 23.4 Å². The Morgan fingerprint density at radius 1 is 1.08 bits per heavy atom. The van der Waals surface area contributed by atoms with Crippen molar-refractivity contribution in [3.63, 3.8) is 0 Å². The van der Waals surface area contributed by atoms with Crippen LogP contribution >= 0.6 is 0 Å². The molecule has 0 spiro atoms. The van der Waals surface area contributed by atoms with Gasteiger partial charge < -0.3 is 18.7 Å². The van der Waals surface area contributed by atoms with Crippen LogP contribution in [-0.2, 0) is 26.3 Å². The molecule has 1 amide bonds. The molecule has 6 rings (SSSR count). The van der Waals surface area contributed by atoms with E-state index in [0.29, 0.717) is 46.2 Å². The number of alkyl halides is 3. The molecular weight excluding hydrogens is 667 g/mol. The molecule has 262 valence electrons. The number of benzene rings is 2. The molecule has 4 heterocycles. The predicted octanol–water partition coefficient (Wildman–Crippen LogP) is 6.15. The Balaban J connectivity index is 1.36. The van der Waals surface area contributed by atoms with Gasteiger partial charge in [0, 0.05) is 13.1 Å². The minimum absolute atomic E-state index is 0.0871. The van der Waals surface area contributed by atoms with E-state index in [4.69, 9.17) is 15.5 Å². The number of amides is 1. The molecule has 0 aliphatic heterocycles. The van der Waals surface area contributed by atoms with Gasteiger partial charge in [0.05, 0.1) is 55.7 Å². The standard InChI is InChI=1S/C35H32F3N9O4/c1-21-16-25(43-51-21)19-47(5,6)20-28-18-40-33(50-28)22(2)42-32(48)30-31(29-14-15-41-45(29)26-12-10-24(39-3)11-13-26)44(4)46(34(30)49)27-9-7-8-23(17-27)35(36,37)38/h7-18,22H,19-20H2,1-2,4-6H3/p+1/t22-/m0/s1. The van der Waals surface area contributed by atoms with E-state index in [0.717, 1.165) is 22.5 Å². The van der Waals surface area contributed by atoms with Crippen molar-refractivity contribution < 1.29 is 31.4 Å². The summed E-state index contributed by atoms with van der Waals surface area (Å²) in [5.74, 6) is 0.643. The van der Waals surface area contributed by atoms with Gasteiger partial charge in [-0.3, -0.25) is 14.3 Å². The summed E-state index contributed by atoms with van der Waals surface area (Å²) in [6.45, 7) is 11.7. The van der Waals surface area contributed by atoms with Crippen molar-refractivity contribution in [2.45, 2.75) is 39.2 Å². The number of quaternary nitrogens is 1. The van der Waals surface area contributed by atoms with Crippen LogP contribution in [-0.4, -0.2) is 53.8 Å². The molecule has 0 aliphatic rings. The summed E-state index contributed by atoms with van der Waals surface area (Å²) >= 11 is 0. The number of aromatic nitrogens is 6. The molecule has 0 saturated heterocycles. The summed E-state index contributed by atoms with van der Waals surface area (Å²) in [5, 5.41) is 11.2. The molecule has 4 aromatic heterocycles. The molecule has 0 unspecified atom stereocenters. The second-order valence-electron chi connectivity index (χ2n) is 12.7. The van der Waals surface area contributed by atoms with Gasteiger partial charge in [-0.05, 0) is 50.2 Å². The molecule has 0 fully saturated rings. The summed E-state index contributed by atoms with van der Waals surface area (Å²) in [4.78, 5) is 36.0. The lowest BCUT2D eigenvalue weighted by Crippen LogP contribution is -2.37. The zero-order chi connectivity index (χ0) is 36.7. The van der Waals surface area contributed by atoms with E-state index in [2.05, 4.69) is 25.4 Å². The predicted molar refractivity (Wildman–Crippen MR) is 178 cm³/mol. The van der Waals surface area contributed by atoms with Crippen molar-refractivity contribution in [3.8, 4) is 22.8 Å². The van der Waals surface area contributed by atoms with Crippen LogP contribution in [0.15, 0.2) is 86.8 Å². The number of hydrogen-bond acceptors (Lipinski definition) is 7. The Kier molecular flexibility index (Phi) is 9.00. The second-order valence-corrected chi connectivity index (χ2v) is 12.7. The monoisotopic (exact) mass is 700 g/mol. The molecule has 0 aliphatic carbocycles. The van der Waals surface area contributed by atoms with Gasteiger partial charge in [0.2, 0.25) is 5.89 Å². The van der Waals surface area contributed by atoms with Crippen molar-refractivity contribution in [1.29, 1.82) is 0 Å². The van der Waals surface area contributed by atoms with Crippen molar-refractivity contribution in [1.82, 2.24) is 34.6 Å². The fraction of sp³-hybridized carbons (Fsp3) is 0.257. The van der Waals surface area contributed by atoms with Gasteiger partial charge in [-0.2, -0.15) is 18.3 Å². The number of aryl methyl sites for hydroxylation is 1. The summed E-state index contributed by atoms with van der Waals surface area (Å²) in [6.07, 6.45) is -1.64. The Labute approximate surface area is 289 Å². The third-order valence-corrected chi connectivity index (χ3v) is 8.16. The Morgan fingerprint density at radius 3 is 2.49 bits per heavy atom. The van der Waals surface area contributed by atoms with E-state index < -0.39 is 29.2 Å². The average molecular weight is 701 g/mol. The molecule has 0 bridgehead atoms. The van der Waals surface area contributed by atoms with Crippen LogP contribution in [0.2, 0.25) is 0 Å². The lowest BCUT2D eigenvalue weighted by molar-refractivity contribution is -0.918. The molecular formula is C35H33F3N9O4+. The lowest BCUT2D eigenvalue weighted by Gasteiger charge is -2.27. The summed E-state index contributed by atoms with van der Waals surface area (Å²) in [7, 11) is 5.46. The van der Waals surface area contributed by atoms with Crippen LogP contribution in [0.25, 0.3) is 27.6 Å². The molecule has 16 heteroatoms. The smallest absolute Gasteiger partial charge is 0.416 e. The maximum atomic E-state index is 14.2. The normalized spacial score (nSPS) is 12.5. The van der Waals surface area contributed by atoms with E-state index >= 15 is 0 Å². The fourth-order valence-corrected chi connectivity index (χ4v) is 5.90. The van der Waals surface area contributed by atoms with E-state index in [1.165, 1.54) is 34.7 Å². The highest BCUT2D eigenvalue weighted by Crippen LogP contribution is 2.32. The van der Waals surface area contributed by atoms with Crippen molar-refractivity contribution in [2.24, 2.45) is 7.05 Å². The maximum absolute atomic E-state index is 14.2. The second kappa shape index (κ2) is 13.2. The van der Waals surface area contributed by atoms with E-state index in [9.17, 15) is 22.8 Å². The maximum Gasteiger partial charge on any atom is 0.416 e. The Morgan fingerprint density at radius 2 is 1.82 bits per heavy atom. The third kappa shape index (κ3) is 7.10. The first-order chi connectivity index (χ1) is 24.1. The van der Waals surface area contributed by atoms with E-state index in [-0.39, 0.29) is 22.8 Å². The molecule has 0 saturated carbocycles. The van der Waals surface area contributed by atoms with Crippen LogP contribution in [0.4, 0.5) is 18.9 Å². The van der Waals surface area contributed by atoms with Crippen LogP contribution in [0, 0.1) is 13.5 Å². The number of carbonyl (C=O) groups excluding carboxylic acids is 1. The van der Waals surface area contributed by atoms with E-state index in [1.54, 1.807) is 43.5 Å².